The monoisotopic (exact) mass is 296 g/mol. The zero-order valence-electron chi connectivity index (χ0n) is 14.0. The first-order chi connectivity index (χ1) is 10.1. The molecule has 1 saturated carbocycles. The highest BCUT2D eigenvalue weighted by molar-refractivity contribution is 5.82. The summed E-state index contributed by atoms with van der Waals surface area (Å²) in [5, 5.41) is 0. The van der Waals surface area contributed by atoms with Gasteiger partial charge < -0.3 is 0 Å². The molecule has 0 spiro atoms. The van der Waals surface area contributed by atoms with Crippen LogP contribution in [0.3, 0.4) is 0 Å². The highest BCUT2D eigenvalue weighted by Gasteiger charge is 2.49. The van der Waals surface area contributed by atoms with Gasteiger partial charge in [0.2, 0.25) is 0 Å². The molecule has 0 aromatic carbocycles. The largest absolute Gasteiger partial charge is 0.299 e. The van der Waals surface area contributed by atoms with Crippen molar-refractivity contribution < 1.29 is 14.6 Å². The molecule has 2 bridgehead atoms. The number of hydrogen-bond donors (Lipinski definition) is 0. The smallest absolute Gasteiger partial charge is 0.138 e. The summed E-state index contributed by atoms with van der Waals surface area (Å²) < 4.78 is 0. The Morgan fingerprint density at radius 1 is 1.14 bits per heavy atom. The number of unbranched alkanes of at least 4 members (excludes halogenated alkanes) is 6. The minimum absolute atomic E-state index is 0.00404. The Kier molecular flexibility index (Phi) is 6.24. The van der Waals surface area contributed by atoms with Crippen molar-refractivity contribution in [3.8, 4) is 0 Å². The predicted molar refractivity (Wildman–Crippen MR) is 83.9 cm³/mol. The zero-order valence-corrected chi connectivity index (χ0v) is 14.0. The van der Waals surface area contributed by atoms with Crippen molar-refractivity contribution in [1.29, 1.82) is 0 Å². The maximum absolute atomic E-state index is 12.0. The van der Waals surface area contributed by atoms with Gasteiger partial charge in [0.15, 0.2) is 0 Å². The SMILES string of the molecule is CCCCCCCCCC1(C)OOC2CC1CC(=O)C2C. The van der Waals surface area contributed by atoms with Crippen LogP contribution in [0.15, 0.2) is 0 Å². The van der Waals surface area contributed by atoms with Crippen LogP contribution in [0, 0.1) is 11.8 Å². The van der Waals surface area contributed by atoms with Crippen molar-refractivity contribution in [3.05, 3.63) is 0 Å². The summed E-state index contributed by atoms with van der Waals surface area (Å²) in [5.74, 6) is 0.703. The summed E-state index contributed by atoms with van der Waals surface area (Å²) in [6.45, 7) is 6.35. The van der Waals surface area contributed by atoms with Crippen molar-refractivity contribution in [1.82, 2.24) is 0 Å². The van der Waals surface area contributed by atoms with Crippen molar-refractivity contribution in [3.63, 3.8) is 0 Å². The first-order valence-electron chi connectivity index (χ1n) is 8.94. The fourth-order valence-electron chi connectivity index (χ4n) is 3.71. The van der Waals surface area contributed by atoms with E-state index in [0.717, 1.165) is 12.8 Å². The lowest BCUT2D eigenvalue weighted by molar-refractivity contribution is -0.429. The summed E-state index contributed by atoms with van der Waals surface area (Å²) in [5.41, 5.74) is -0.254. The average molecular weight is 296 g/mol. The van der Waals surface area contributed by atoms with Crippen LogP contribution in [0.1, 0.15) is 85.0 Å². The van der Waals surface area contributed by atoms with Crippen LogP contribution in [0.4, 0.5) is 0 Å². The number of carbonyl (C=O) groups is 1. The van der Waals surface area contributed by atoms with Crippen LogP contribution in [-0.4, -0.2) is 17.5 Å². The van der Waals surface area contributed by atoms with Gasteiger partial charge in [0.25, 0.3) is 0 Å². The normalized spacial score (nSPS) is 36.0. The van der Waals surface area contributed by atoms with Gasteiger partial charge in [-0.2, -0.15) is 0 Å². The summed E-state index contributed by atoms with van der Waals surface area (Å²) in [6.07, 6.45) is 11.8. The van der Waals surface area contributed by atoms with E-state index < -0.39 is 0 Å². The molecule has 4 atom stereocenters. The molecule has 122 valence electrons. The molecule has 21 heavy (non-hydrogen) atoms. The number of ketones is 1. The number of Topliss-reactive ketones (excluding diaryl/α,β-unsaturated/α-hetero) is 1. The van der Waals surface area contributed by atoms with Gasteiger partial charge in [0.05, 0.1) is 0 Å². The molecular formula is C18H32O3. The lowest BCUT2D eigenvalue weighted by atomic mass is 9.70. The Hall–Kier alpha value is -0.410. The summed E-state index contributed by atoms with van der Waals surface area (Å²) in [7, 11) is 0. The average Bonchev–Trinajstić information content (AvgIpc) is 2.47. The van der Waals surface area contributed by atoms with E-state index in [1.807, 2.05) is 6.92 Å². The van der Waals surface area contributed by atoms with Crippen molar-refractivity contribution in [2.45, 2.75) is 96.7 Å². The van der Waals surface area contributed by atoms with E-state index in [0.29, 0.717) is 18.1 Å². The Labute approximate surface area is 129 Å². The van der Waals surface area contributed by atoms with Gasteiger partial charge in [0, 0.05) is 18.3 Å². The molecule has 3 heteroatoms. The van der Waals surface area contributed by atoms with Gasteiger partial charge in [-0.05, 0) is 19.8 Å². The van der Waals surface area contributed by atoms with E-state index in [9.17, 15) is 4.79 Å². The molecule has 0 aromatic heterocycles. The maximum atomic E-state index is 12.0. The quantitative estimate of drug-likeness (QED) is 0.475. The number of carbonyl (C=O) groups excluding carboxylic acids is 1. The molecular weight excluding hydrogens is 264 g/mol. The van der Waals surface area contributed by atoms with E-state index in [1.54, 1.807) is 0 Å². The van der Waals surface area contributed by atoms with E-state index >= 15 is 0 Å². The number of hydrogen-bond acceptors (Lipinski definition) is 3. The van der Waals surface area contributed by atoms with Crippen LogP contribution in [-0.2, 0) is 14.6 Å². The fraction of sp³-hybridized carbons (Fsp3) is 0.944. The van der Waals surface area contributed by atoms with Crippen molar-refractivity contribution >= 4 is 5.78 Å². The van der Waals surface area contributed by atoms with Crippen LogP contribution in [0.25, 0.3) is 0 Å². The van der Waals surface area contributed by atoms with E-state index in [-0.39, 0.29) is 17.6 Å². The zero-order chi connectivity index (χ0) is 15.3. The van der Waals surface area contributed by atoms with Gasteiger partial charge in [-0.25, -0.2) is 9.78 Å². The topological polar surface area (TPSA) is 35.5 Å². The van der Waals surface area contributed by atoms with E-state index in [4.69, 9.17) is 9.78 Å². The lowest BCUT2D eigenvalue weighted by Gasteiger charge is -2.47. The van der Waals surface area contributed by atoms with Gasteiger partial charge in [-0.3, -0.25) is 4.79 Å². The van der Waals surface area contributed by atoms with E-state index in [1.165, 1.54) is 44.9 Å². The Balaban J connectivity index is 1.71. The Morgan fingerprint density at radius 3 is 2.52 bits per heavy atom. The van der Waals surface area contributed by atoms with Gasteiger partial charge >= 0.3 is 0 Å². The molecule has 4 unspecified atom stereocenters. The van der Waals surface area contributed by atoms with E-state index in [2.05, 4.69) is 13.8 Å². The molecule has 0 N–H and O–H groups in total. The molecule has 2 fully saturated rings. The Morgan fingerprint density at radius 2 is 1.81 bits per heavy atom. The standard InChI is InChI=1S/C18H32O3/c1-4-5-6-7-8-9-10-11-18(3)15-12-16(19)14(2)17(13-15)20-21-18/h14-15,17H,4-13H2,1-3H3. The van der Waals surface area contributed by atoms with Gasteiger partial charge in [-0.15, -0.1) is 0 Å². The van der Waals surface area contributed by atoms with Crippen LogP contribution < -0.4 is 0 Å². The second kappa shape index (κ2) is 7.73. The second-order valence-electron chi connectivity index (χ2n) is 7.29. The first kappa shape index (κ1) is 17.0. The van der Waals surface area contributed by atoms with Crippen molar-refractivity contribution in [2.24, 2.45) is 11.8 Å². The molecule has 1 saturated heterocycles. The van der Waals surface area contributed by atoms with Gasteiger partial charge in [-0.1, -0.05) is 58.8 Å². The highest BCUT2D eigenvalue weighted by Crippen LogP contribution is 2.44. The highest BCUT2D eigenvalue weighted by atomic mass is 17.2. The molecule has 1 aliphatic carbocycles. The molecule has 2 aliphatic rings. The molecule has 2 rings (SSSR count). The lowest BCUT2D eigenvalue weighted by Crippen LogP contribution is -2.52. The molecule has 1 aliphatic heterocycles. The number of fused-ring (bicyclic) bond motifs is 2. The summed E-state index contributed by atoms with van der Waals surface area (Å²) in [4.78, 5) is 23.3. The number of rotatable bonds is 8. The molecule has 3 nitrogen and oxygen atoms in total. The minimum Gasteiger partial charge on any atom is -0.299 e. The summed E-state index contributed by atoms with van der Waals surface area (Å²) in [6, 6.07) is 0. The second-order valence-corrected chi connectivity index (χ2v) is 7.29. The minimum atomic E-state index is -0.254. The summed E-state index contributed by atoms with van der Waals surface area (Å²) >= 11 is 0. The fourth-order valence-corrected chi connectivity index (χ4v) is 3.71. The van der Waals surface area contributed by atoms with Crippen LogP contribution in [0.2, 0.25) is 0 Å². The molecule has 1 heterocycles. The molecule has 0 amide bonds. The first-order valence-corrected chi connectivity index (χ1v) is 8.94. The maximum Gasteiger partial charge on any atom is 0.138 e. The molecule has 0 aromatic rings. The third-order valence-electron chi connectivity index (χ3n) is 5.53. The van der Waals surface area contributed by atoms with Gasteiger partial charge in [0.1, 0.15) is 17.5 Å². The van der Waals surface area contributed by atoms with Crippen LogP contribution >= 0.6 is 0 Å². The Bertz CT molecular complexity index is 341. The van der Waals surface area contributed by atoms with Crippen molar-refractivity contribution in [2.75, 3.05) is 0 Å². The van der Waals surface area contributed by atoms with Crippen LogP contribution in [0.5, 0.6) is 0 Å². The predicted octanol–water partition coefficient (Wildman–Crippen LogP) is 4.83. The third kappa shape index (κ3) is 4.29. The third-order valence-corrected chi connectivity index (χ3v) is 5.53. The molecule has 0 radical (unpaired) electrons.